The van der Waals surface area contributed by atoms with Crippen LogP contribution in [0.1, 0.15) is 18.9 Å². The maximum atomic E-state index is 11.9. The Morgan fingerprint density at radius 3 is 3.00 bits per heavy atom. The summed E-state index contributed by atoms with van der Waals surface area (Å²) in [5, 5.41) is 2.67. The summed E-state index contributed by atoms with van der Waals surface area (Å²) in [6.07, 6.45) is 3.76. The standard InChI is InChI=1S/C11H14N2O3/c1-2-9-11(15)13(6-10(14)12-9)5-8-3-4-16-7-8/h3-4,7,9H,2,5-6H2,1H3,(H,12,14). The largest absolute Gasteiger partial charge is 0.472 e. The fourth-order valence-electron chi connectivity index (χ4n) is 1.79. The van der Waals surface area contributed by atoms with Gasteiger partial charge in [0.15, 0.2) is 0 Å². The van der Waals surface area contributed by atoms with E-state index in [0.717, 1.165) is 5.56 Å². The molecule has 2 amide bonds. The number of piperazine rings is 1. The Bertz CT molecular complexity index is 386. The molecule has 1 aliphatic heterocycles. The van der Waals surface area contributed by atoms with Gasteiger partial charge in [-0.15, -0.1) is 0 Å². The van der Waals surface area contributed by atoms with Crippen molar-refractivity contribution >= 4 is 11.8 Å². The molecule has 0 aliphatic carbocycles. The minimum atomic E-state index is -0.381. The van der Waals surface area contributed by atoms with Crippen molar-refractivity contribution < 1.29 is 14.0 Å². The first-order chi connectivity index (χ1) is 7.70. The zero-order chi connectivity index (χ0) is 11.5. The van der Waals surface area contributed by atoms with Gasteiger partial charge in [0.1, 0.15) is 6.04 Å². The van der Waals surface area contributed by atoms with Crippen molar-refractivity contribution in [1.29, 1.82) is 0 Å². The topological polar surface area (TPSA) is 62.6 Å². The highest BCUT2D eigenvalue weighted by molar-refractivity contribution is 5.94. The maximum Gasteiger partial charge on any atom is 0.245 e. The first-order valence-corrected chi connectivity index (χ1v) is 5.30. The first-order valence-electron chi connectivity index (χ1n) is 5.30. The molecule has 1 atom stereocenters. The lowest BCUT2D eigenvalue weighted by atomic mass is 10.1. The van der Waals surface area contributed by atoms with E-state index in [-0.39, 0.29) is 24.4 Å². The van der Waals surface area contributed by atoms with Gasteiger partial charge < -0.3 is 14.6 Å². The van der Waals surface area contributed by atoms with Gasteiger partial charge in [-0.1, -0.05) is 6.92 Å². The van der Waals surface area contributed by atoms with Gasteiger partial charge in [-0.25, -0.2) is 0 Å². The second kappa shape index (κ2) is 4.38. The van der Waals surface area contributed by atoms with Crippen molar-refractivity contribution in [3.05, 3.63) is 24.2 Å². The molecular formula is C11H14N2O3. The summed E-state index contributed by atoms with van der Waals surface area (Å²) in [6.45, 7) is 2.43. The Balaban J connectivity index is 2.08. The van der Waals surface area contributed by atoms with E-state index in [2.05, 4.69) is 5.32 Å². The maximum absolute atomic E-state index is 11.9. The predicted molar refractivity (Wildman–Crippen MR) is 56.3 cm³/mol. The van der Waals surface area contributed by atoms with E-state index >= 15 is 0 Å². The van der Waals surface area contributed by atoms with E-state index in [1.54, 1.807) is 23.5 Å². The summed E-state index contributed by atoms with van der Waals surface area (Å²) in [7, 11) is 0. The lowest BCUT2D eigenvalue weighted by molar-refractivity contribution is -0.144. The molecule has 1 fully saturated rings. The molecule has 1 N–H and O–H groups in total. The lowest BCUT2D eigenvalue weighted by Gasteiger charge is -2.31. The smallest absolute Gasteiger partial charge is 0.245 e. The number of hydrogen-bond donors (Lipinski definition) is 1. The molecule has 2 rings (SSSR count). The zero-order valence-electron chi connectivity index (χ0n) is 9.10. The quantitative estimate of drug-likeness (QED) is 0.810. The molecule has 1 aromatic rings. The zero-order valence-corrected chi connectivity index (χ0v) is 9.10. The Morgan fingerprint density at radius 1 is 1.56 bits per heavy atom. The van der Waals surface area contributed by atoms with E-state index in [0.29, 0.717) is 13.0 Å². The third kappa shape index (κ3) is 2.08. The molecule has 2 heterocycles. The van der Waals surface area contributed by atoms with Crippen LogP contribution < -0.4 is 5.32 Å². The van der Waals surface area contributed by atoms with Crippen molar-refractivity contribution in [2.45, 2.75) is 25.9 Å². The normalized spacial score (nSPS) is 21.1. The summed E-state index contributed by atoms with van der Waals surface area (Å²) < 4.78 is 4.93. The Labute approximate surface area is 93.4 Å². The molecule has 5 nitrogen and oxygen atoms in total. The Morgan fingerprint density at radius 2 is 2.38 bits per heavy atom. The second-order valence-electron chi connectivity index (χ2n) is 3.85. The summed E-state index contributed by atoms with van der Waals surface area (Å²) in [4.78, 5) is 24.9. The molecule has 5 heteroatoms. The lowest BCUT2D eigenvalue weighted by Crippen LogP contribution is -2.57. The average Bonchev–Trinajstić information content (AvgIpc) is 2.75. The van der Waals surface area contributed by atoms with Gasteiger partial charge in [0, 0.05) is 12.1 Å². The molecule has 1 aromatic heterocycles. The van der Waals surface area contributed by atoms with Crippen molar-refractivity contribution in [3.63, 3.8) is 0 Å². The third-order valence-corrected chi connectivity index (χ3v) is 2.64. The van der Waals surface area contributed by atoms with Gasteiger partial charge in [0.25, 0.3) is 0 Å². The highest BCUT2D eigenvalue weighted by Gasteiger charge is 2.31. The van der Waals surface area contributed by atoms with Crippen molar-refractivity contribution in [2.75, 3.05) is 6.54 Å². The SMILES string of the molecule is CCC1NC(=O)CN(Cc2ccoc2)C1=O. The molecule has 16 heavy (non-hydrogen) atoms. The van der Waals surface area contributed by atoms with Crippen LogP contribution in [0.4, 0.5) is 0 Å². The van der Waals surface area contributed by atoms with E-state index < -0.39 is 0 Å². The summed E-state index contributed by atoms with van der Waals surface area (Å²) >= 11 is 0. The molecule has 1 aliphatic rings. The first kappa shape index (κ1) is 10.7. The van der Waals surface area contributed by atoms with Gasteiger partial charge in [-0.05, 0) is 12.5 Å². The van der Waals surface area contributed by atoms with Crippen LogP contribution in [-0.4, -0.2) is 29.3 Å². The molecule has 0 saturated carbocycles. The number of nitrogens with one attached hydrogen (secondary N) is 1. The molecule has 1 unspecified atom stereocenters. The number of amides is 2. The van der Waals surface area contributed by atoms with Gasteiger partial charge in [-0.2, -0.15) is 0 Å². The minimum absolute atomic E-state index is 0.0247. The highest BCUT2D eigenvalue weighted by Crippen LogP contribution is 2.11. The number of furan rings is 1. The summed E-state index contributed by atoms with van der Waals surface area (Å²) in [6, 6.07) is 1.41. The number of hydrogen-bond acceptors (Lipinski definition) is 3. The Kier molecular flexibility index (Phi) is 2.94. The van der Waals surface area contributed by atoms with Gasteiger partial charge >= 0.3 is 0 Å². The average molecular weight is 222 g/mol. The predicted octanol–water partition coefficient (Wildman–Crippen LogP) is 0.517. The highest BCUT2D eigenvalue weighted by atomic mass is 16.3. The van der Waals surface area contributed by atoms with Gasteiger partial charge in [0.05, 0.1) is 19.1 Å². The number of carbonyl (C=O) groups is 2. The molecule has 0 spiro atoms. The molecular weight excluding hydrogens is 208 g/mol. The fraction of sp³-hybridized carbons (Fsp3) is 0.455. The van der Waals surface area contributed by atoms with Crippen LogP contribution in [0.25, 0.3) is 0 Å². The monoisotopic (exact) mass is 222 g/mol. The van der Waals surface area contributed by atoms with Crippen LogP contribution in [-0.2, 0) is 16.1 Å². The summed E-state index contributed by atoms with van der Waals surface area (Å²) in [5.74, 6) is -0.127. The van der Waals surface area contributed by atoms with Crippen molar-refractivity contribution in [1.82, 2.24) is 10.2 Å². The molecule has 1 saturated heterocycles. The van der Waals surface area contributed by atoms with Crippen LogP contribution in [0.3, 0.4) is 0 Å². The van der Waals surface area contributed by atoms with E-state index in [9.17, 15) is 9.59 Å². The van der Waals surface area contributed by atoms with Crippen molar-refractivity contribution in [2.24, 2.45) is 0 Å². The van der Waals surface area contributed by atoms with Crippen LogP contribution in [0.5, 0.6) is 0 Å². The number of rotatable bonds is 3. The van der Waals surface area contributed by atoms with Crippen LogP contribution in [0.15, 0.2) is 23.0 Å². The van der Waals surface area contributed by atoms with Crippen LogP contribution >= 0.6 is 0 Å². The van der Waals surface area contributed by atoms with Gasteiger partial charge in [-0.3, -0.25) is 9.59 Å². The van der Waals surface area contributed by atoms with E-state index in [4.69, 9.17) is 4.42 Å². The van der Waals surface area contributed by atoms with Crippen LogP contribution in [0, 0.1) is 0 Å². The van der Waals surface area contributed by atoms with Crippen molar-refractivity contribution in [3.8, 4) is 0 Å². The Hall–Kier alpha value is -1.78. The fourth-order valence-corrected chi connectivity index (χ4v) is 1.79. The number of carbonyl (C=O) groups excluding carboxylic acids is 2. The van der Waals surface area contributed by atoms with Gasteiger partial charge in [0.2, 0.25) is 11.8 Å². The molecule has 0 bridgehead atoms. The van der Waals surface area contributed by atoms with Crippen LogP contribution in [0.2, 0.25) is 0 Å². The third-order valence-electron chi connectivity index (χ3n) is 2.64. The molecule has 0 radical (unpaired) electrons. The second-order valence-corrected chi connectivity index (χ2v) is 3.85. The summed E-state index contributed by atoms with van der Waals surface area (Å²) in [5.41, 5.74) is 0.901. The van der Waals surface area contributed by atoms with E-state index in [1.807, 2.05) is 6.92 Å². The molecule has 0 aromatic carbocycles. The van der Waals surface area contributed by atoms with E-state index in [1.165, 1.54) is 0 Å². The number of nitrogens with zero attached hydrogens (tertiary/aromatic N) is 1. The molecule has 86 valence electrons. The minimum Gasteiger partial charge on any atom is -0.472 e.